The lowest BCUT2D eigenvalue weighted by Crippen LogP contribution is -2.37. The van der Waals surface area contributed by atoms with Crippen LogP contribution in [0.4, 0.5) is 18.9 Å². The van der Waals surface area contributed by atoms with Crippen LogP contribution in [-0.2, 0) is 16.6 Å². The Morgan fingerprint density at radius 2 is 1.75 bits per heavy atom. The van der Waals surface area contributed by atoms with E-state index in [1.54, 1.807) is 36.4 Å². The summed E-state index contributed by atoms with van der Waals surface area (Å²) in [5.74, 6) is -1.53. The SMILES string of the molecule is COc1ccccc1C(O)c1ccc(N(Cc2cccnc2)S(=O)(=O)CC(F)(F)F)cc1. The van der Waals surface area contributed by atoms with Gasteiger partial charge in [-0.05, 0) is 35.4 Å². The molecule has 0 radical (unpaired) electrons. The zero-order chi connectivity index (χ0) is 23.4. The van der Waals surface area contributed by atoms with Crippen LogP contribution in [0.1, 0.15) is 22.8 Å². The second-order valence-corrected chi connectivity index (χ2v) is 8.87. The Morgan fingerprint density at radius 3 is 2.34 bits per heavy atom. The van der Waals surface area contributed by atoms with E-state index in [0.717, 1.165) is 0 Å². The molecule has 0 aliphatic heterocycles. The van der Waals surface area contributed by atoms with E-state index in [1.165, 1.54) is 43.8 Å². The van der Waals surface area contributed by atoms with E-state index >= 15 is 0 Å². The third kappa shape index (κ3) is 5.77. The quantitative estimate of drug-likeness (QED) is 0.542. The summed E-state index contributed by atoms with van der Waals surface area (Å²) in [5, 5.41) is 10.7. The molecule has 2 aromatic carbocycles. The molecular weight excluding hydrogens is 445 g/mol. The van der Waals surface area contributed by atoms with Gasteiger partial charge in [-0.15, -0.1) is 0 Å². The number of hydrogen-bond acceptors (Lipinski definition) is 5. The Morgan fingerprint density at radius 1 is 1.06 bits per heavy atom. The van der Waals surface area contributed by atoms with Crippen LogP contribution in [0, 0.1) is 0 Å². The predicted octanol–water partition coefficient (Wildman–Crippen LogP) is 4.07. The summed E-state index contributed by atoms with van der Waals surface area (Å²) < 4.78 is 69.9. The highest BCUT2D eigenvalue weighted by atomic mass is 32.2. The number of sulfonamides is 1. The summed E-state index contributed by atoms with van der Waals surface area (Å²) >= 11 is 0. The van der Waals surface area contributed by atoms with E-state index in [0.29, 0.717) is 26.7 Å². The minimum absolute atomic E-state index is 0.0362. The number of aliphatic hydroxyl groups excluding tert-OH is 1. The Hall–Kier alpha value is -3.11. The lowest BCUT2D eigenvalue weighted by molar-refractivity contribution is -0.106. The van der Waals surface area contributed by atoms with Gasteiger partial charge in [-0.1, -0.05) is 36.4 Å². The highest BCUT2D eigenvalue weighted by molar-refractivity contribution is 7.92. The molecule has 0 fully saturated rings. The number of pyridine rings is 1. The van der Waals surface area contributed by atoms with Gasteiger partial charge in [0.05, 0.1) is 19.3 Å². The van der Waals surface area contributed by atoms with Crippen molar-refractivity contribution in [1.82, 2.24) is 4.98 Å². The number of rotatable bonds is 8. The third-order valence-electron chi connectivity index (χ3n) is 4.66. The van der Waals surface area contributed by atoms with Crippen LogP contribution in [0.3, 0.4) is 0 Å². The molecule has 6 nitrogen and oxygen atoms in total. The molecule has 1 aromatic heterocycles. The first-order valence-corrected chi connectivity index (χ1v) is 11.1. The van der Waals surface area contributed by atoms with Crippen LogP contribution in [0.25, 0.3) is 0 Å². The molecule has 32 heavy (non-hydrogen) atoms. The van der Waals surface area contributed by atoms with Crippen LogP contribution in [0.2, 0.25) is 0 Å². The predicted molar refractivity (Wildman–Crippen MR) is 114 cm³/mol. The molecule has 1 N–H and O–H groups in total. The molecule has 0 aliphatic rings. The molecule has 10 heteroatoms. The number of halogens is 3. The molecule has 0 spiro atoms. The van der Waals surface area contributed by atoms with E-state index in [4.69, 9.17) is 4.74 Å². The van der Waals surface area contributed by atoms with Crippen molar-refractivity contribution in [3.05, 3.63) is 89.7 Å². The van der Waals surface area contributed by atoms with Crippen LogP contribution in [0.5, 0.6) is 5.75 Å². The topological polar surface area (TPSA) is 79.7 Å². The van der Waals surface area contributed by atoms with Crippen molar-refractivity contribution in [2.75, 3.05) is 17.2 Å². The van der Waals surface area contributed by atoms with Crippen molar-refractivity contribution in [2.24, 2.45) is 0 Å². The summed E-state index contributed by atoms with van der Waals surface area (Å²) in [7, 11) is -3.26. The average Bonchev–Trinajstić information content (AvgIpc) is 2.76. The maximum absolute atomic E-state index is 12.9. The van der Waals surface area contributed by atoms with Crippen molar-refractivity contribution in [3.63, 3.8) is 0 Å². The lowest BCUT2D eigenvalue weighted by Gasteiger charge is -2.25. The van der Waals surface area contributed by atoms with Crippen molar-refractivity contribution >= 4 is 15.7 Å². The van der Waals surface area contributed by atoms with Gasteiger partial charge in [0, 0.05) is 18.0 Å². The Balaban J connectivity index is 1.95. The average molecular weight is 466 g/mol. The summed E-state index contributed by atoms with van der Waals surface area (Å²) in [4.78, 5) is 3.89. The van der Waals surface area contributed by atoms with Gasteiger partial charge in [0.2, 0.25) is 10.0 Å². The number of benzene rings is 2. The van der Waals surface area contributed by atoms with E-state index in [2.05, 4.69) is 4.98 Å². The van der Waals surface area contributed by atoms with Gasteiger partial charge in [-0.2, -0.15) is 13.2 Å². The maximum Gasteiger partial charge on any atom is 0.404 e. The molecule has 0 amide bonds. The van der Waals surface area contributed by atoms with Gasteiger partial charge in [-0.25, -0.2) is 8.42 Å². The minimum atomic E-state index is -4.90. The summed E-state index contributed by atoms with van der Waals surface area (Å²) in [6.45, 7) is -0.319. The maximum atomic E-state index is 12.9. The van der Waals surface area contributed by atoms with Crippen molar-refractivity contribution in [3.8, 4) is 5.75 Å². The van der Waals surface area contributed by atoms with Gasteiger partial charge in [0.25, 0.3) is 0 Å². The van der Waals surface area contributed by atoms with Crippen LogP contribution in [-0.4, -0.2) is 37.5 Å². The number of aliphatic hydroxyl groups is 1. The molecule has 1 heterocycles. The van der Waals surface area contributed by atoms with Gasteiger partial charge >= 0.3 is 6.18 Å². The summed E-state index contributed by atoms with van der Waals surface area (Å²) in [6, 6.07) is 15.6. The Labute approximate surface area is 184 Å². The third-order valence-corrected chi connectivity index (χ3v) is 6.36. The highest BCUT2D eigenvalue weighted by Gasteiger charge is 2.38. The number of methoxy groups -OCH3 is 1. The molecule has 1 unspecified atom stereocenters. The number of para-hydroxylation sites is 1. The molecule has 0 aliphatic carbocycles. The monoisotopic (exact) mass is 466 g/mol. The number of ether oxygens (including phenoxy) is 1. The molecule has 170 valence electrons. The van der Waals surface area contributed by atoms with Crippen molar-refractivity contribution in [1.29, 1.82) is 0 Å². The second-order valence-electron chi connectivity index (χ2n) is 6.98. The molecule has 3 aromatic rings. The summed E-state index contributed by atoms with van der Waals surface area (Å²) in [6.07, 6.45) is -3.10. The van der Waals surface area contributed by atoms with E-state index in [9.17, 15) is 26.7 Å². The van der Waals surface area contributed by atoms with Crippen molar-refractivity contribution < 1.29 is 31.4 Å². The van der Waals surface area contributed by atoms with Gasteiger partial charge in [0.1, 0.15) is 11.9 Å². The van der Waals surface area contributed by atoms with E-state index in [-0.39, 0.29) is 12.2 Å². The van der Waals surface area contributed by atoms with Crippen LogP contribution < -0.4 is 9.04 Å². The molecular formula is C22H21F3N2O4S. The first kappa shape index (κ1) is 23.6. The van der Waals surface area contributed by atoms with Crippen LogP contribution >= 0.6 is 0 Å². The fourth-order valence-electron chi connectivity index (χ4n) is 3.19. The molecule has 0 saturated carbocycles. The largest absolute Gasteiger partial charge is 0.496 e. The minimum Gasteiger partial charge on any atom is -0.496 e. The van der Waals surface area contributed by atoms with E-state index in [1.807, 2.05) is 0 Å². The molecule has 3 rings (SSSR count). The van der Waals surface area contributed by atoms with Gasteiger partial charge < -0.3 is 9.84 Å². The number of alkyl halides is 3. The second kappa shape index (κ2) is 9.58. The number of hydrogen-bond donors (Lipinski definition) is 1. The van der Waals surface area contributed by atoms with Crippen molar-refractivity contribution in [2.45, 2.75) is 18.8 Å². The normalized spacial score (nSPS) is 12.9. The molecule has 1 atom stereocenters. The van der Waals surface area contributed by atoms with E-state index < -0.39 is 28.1 Å². The zero-order valence-electron chi connectivity index (χ0n) is 17.0. The van der Waals surface area contributed by atoms with Crippen LogP contribution in [0.15, 0.2) is 73.1 Å². The Kier molecular flexibility index (Phi) is 7.05. The first-order valence-electron chi connectivity index (χ1n) is 9.48. The van der Waals surface area contributed by atoms with Gasteiger partial charge in [-0.3, -0.25) is 9.29 Å². The molecule has 0 bridgehead atoms. The fraction of sp³-hybridized carbons (Fsp3) is 0.227. The number of nitrogens with zero attached hydrogens (tertiary/aromatic N) is 2. The Bertz CT molecular complexity index is 1140. The smallest absolute Gasteiger partial charge is 0.404 e. The number of anilines is 1. The number of aromatic nitrogens is 1. The standard InChI is InChI=1S/C22H21F3N2O4S/c1-31-20-7-3-2-6-19(20)21(28)17-8-10-18(11-9-17)27(14-16-5-4-12-26-13-16)32(29,30)15-22(23,24)25/h2-13,21,28H,14-15H2,1H3. The zero-order valence-corrected chi connectivity index (χ0v) is 17.8. The van der Waals surface area contributed by atoms with Gasteiger partial charge in [0.15, 0.2) is 5.75 Å². The first-order chi connectivity index (χ1) is 15.1. The fourth-order valence-corrected chi connectivity index (χ4v) is 4.55. The molecule has 0 saturated heterocycles. The highest BCUT2D eigenvalue weighted by Crippen LogP contribution is 2.32. The summed E-state index contributed by atoms with van der Waals surface area (Å²) in [5.41, 5.74) is 1.39. The lowest BCUT2D eigenvalue weighted by atomic mass is 10.0.